The lowest BCUT2D eigenvalue weighted by Crippen LogP contribution is -2.28. The highest BCUT2D eigenvalue weighted by Gasteiger charge is 2.18. The van der Waals surface area contributed by atoms with E-state index in [-0.39, 0.29) is 25.4 Å². The molecule has 0 rings (SSSR count). The van der Waals surface area contributed by atoms with Crippen molar-refractivity contribution in [2.75, 3.05) is 13.2 Å². The molecular weight excluding hydrogens is 544 g/mol. The van der Waals surface area contributed by atoms with Gasteiger partial charge in [0.25, 0.3) is 0 Å². The smallest absolute Gasteiger partial charge is 0.306 e. The molecule has 0 aromatic carbocycles. The Morgan fingerprint density at radius 1 is 0.628 bits per heavy atom. The lowest BCUT2D eigenvalue weighted by atomic mass is 10.0. The van der Waals surface area contributed by atoms with E-state index in [1.807, 2.05) is 12.2 Å². The van der Waals surface area contributed by atoms with Gasteiger partial charge >= 0.3 is 11.9 Å². The molecule has 0 amide bonds. The van der Waals surface area contributed by atoms with Crippen LogP contribution in [-0.4, -0.2) is 58.8 Å². The molecule has 0 aromatic heterocycles. The molecule has 250 valence electrons. The molecule has 7 nitrogen and oxygen atoms in total. The second kappa shape index (κ2) is 31.5. The van der Waals surface area contributed by atoms with E-state index in [9.17, 15) is 24.9 Å². The Kier molecular flexibility index (Phi) is 30.0. The van der Waals surface area contributed by atoms with Crippen molar-refractivity contribution in [3.63, 3.8) is 0 Å². The van der Waals surface area contributed by atoms with Gasteiger partial charge in [0.1, 0.15) is 6.61 Å². The number of ether oxygens (including phenoxy) is 2. The molecule has 0 saturated heterocycles. The number of unbranched alkanes of at least 4 members (excludes halogenated alkanes) is 12. The second-order valence-electron chi connectivity index (χ2n) is 11.6. The molecule has 0 aliphatic carbocycles. The number of aliphatic hydroxyl groups excluding tert-OH is 3. The zero-order chi connectivity index (χ0) is 31.8. The van der Waals surface area contributed by atoms with E-state index in [0.29, 0.717) is 19.3 Å². The Balaban J connectivity index is 3.88. The molecule has 0 aromatic rings. The van der Waals surface area contributed by atoms with Gasteiger partial charge in [0.05, 0.1) is 18.8 Å². The van der Waals surface area contributed by atoms with Gasteiger partial charge < -0.3 is 24.8 Å². The van der Waals surface area contributed by atoms with Gasteiger partial charge in [-0.05, 0) is 51.4 Å². The van der Waals surface area contributed by atoms with E-state index in [1.54, 1.807) is 0 Å². The van der Waals surface area contributed by atoms with Gasteiger partial charge in [-0.25, -0.2) is 0 Å². The van der Waals surface area contributed by atoms with Crippen molar-refractivity contribution in [1.82, 2.24) is 0 Å². The van der Waals surface area contributed by atoms with Crippen molar-refractivity contribution in [2.45, 2.75) is 167 Å². The molecule has 0 fully saturated rings. The number of allylic oxidation sites excluding steroid dienone is 5. The molecule has 2 unspecified atom stereocenters. The molecule has 0 aliphatic heterocycles. The topological polar surface area (TPSA) is 113 Å². The van der Waals surface area contributed by atoms with E-state index in [1.165, 1.54) is 64.2 Å². The molecular formula is C36H64O7. The van der Waals surface area contributed by atoms with Gasteiger partial charge in [-0.2, -0.15) is 0 Å². The van der Waals surface area contributed by atoms with Crippen LogP contribution in [0.4, 0.5) is 0 Å². The average molecular weight is 609 g/mol. The van der Waals surface area contributed by atoms with Crippen LogP contribution < -0.4 is 0 Å². The number of carbonyl (C=O) groups excluding carboxylic acids is 2. The van der Waals surface area contributed by atoms with Gasteiger partial charge in [0.2, 0.25) is 0 Å². The van der Waals surface area contributed by atoms with Crippen molar-refractivity contribution in [3.8, 4) is 0 Å². The molecule has 0 radical (unpaired) electrons. The quantitative estimate of drug-likeness (QED) is 0.0429. The zero-order valence-electron chi connectivity index (χ0n) is 27.4. The van der Waals surface area contributed by atoms with Crippen molar-refractivity contribution in [2.24, 2.45) is 0 Å². The van der Waals surface area contributed by atoms with Crippen molar-refractivity contribution in [3.05, 3.63) is 36.5 Å². The number of rotatable bonds is 30. The Hall–Kier alpha value is -1.96. The fourth-order valence-electron chi connectivity index (χ4n) is 4.60. The van der Waals surface area contributed by atoms with Crippen LogP contribution in [0.15, 0.2) is 36.5 Å². The van der Waals surface area contributed by atoms with Gasteiger partial charge in [-0.3, -0.25) is 9.59 Å². The number of hydrogen-bond donors (Lipinski definition) is 3. The minimum absolute atomic E-state index is 0.0716. The lowest BCUT2D eigenvalue weighted by molar-refractivity contribution is -0.161. The van der Waals surface area contributed by atoms with Gasteiger partial charge in [0, 0.05) is 12.8 Å². The van der Waals surface area contributed by atoms with E-state index in [2.05, 4.69) is 38.2 Å². The molecule has 3 atom stereocenters. The predicted octanol–water partition coefficient (Wildman–Crippen LogP) is 8.06. The Morgan fingerprint density at radius 2 is 1.16 bits per heavy atom. The van der Waals surface area contributed by atoms with Crippen molar-refractivity contribution >= 4 is 11.9 Å². The van der Waals surface area contributed by atoms with E-state index >= 15 is 0 Å². The minimum atomic E-state index is -0.928. The minimum Gasteiger partial charge on any atom is -0.462 e. The summed E-state index contributed by atoms with van der Waals surface area (Å²) in [6.45, 7) is 3.82. The van der Waals surface area contributed by atoms with Gasteiger partial charge in [0.15, 0.2) is 6.10 Å². The average Bonchev–Trinajstić information content (AvgIpc) is 3.00. The maximum Gasteiger partial charge on any atom is 0.306 e. The first-order valence-electron chi connectivity index (χ1n) is 17.2. The third kappa shape index (κ3) is 28.6. The third-order valence-electron chi connectivity index (χ3n) is 7.39. The van der Waals surface area contributed by atoms with Crippen molar-refractivity contribution < 1.29 is 34.4 Å². The highest BCUT2D eigenvalue weighted by atomic mass is 16.6. The second-order valence-corrected chi connectivity index (χ2v) is 11.6. The Labute approximate surface area is 262 Å². The standard InChI is InChI=1S/C36H64O7/c1-3-5-7-9-11-13-15-16-17-19-21-23-26-33(38)34(39)27-25-29-35(40)42-31-32(30-37)43-36(41)28-24-22-20-18-14-12-10-8-6-4-2/h11,13,16-17,21,23,32-34,37-39H,3-10,12,14-15,18-20,22,24-31H2,1-2H3/b13-11-,17-16-,23-21-/t32-,33?,34?/m0/s1. The largest absolute Gasteiger partial charge is 0.462 e. The summed E-state index contributed by atoms with van der Waals surface area (Å²) in [6, 6.07) is 0. The summed E-state index contributed by atoms with van der Waals surface area (Å²) in [7, 11) is 0. The zero-order valence-corrected chi connectivity index (χ0v) is 27.4. The number of hydrogen-bond acceptors (Lipinski definition) is 7. The molecule has 0 saturated carbocycles. The van der Waals surface area contributed by atoms with E-state index in [4.69, 9.17) is 9.47 Å². The van der Waals surface area contributed by atoms with Crippen LogP contribution >= 0.6 is 0 Å². The van der Waals surface area contributed by atoms with E-state index in [0.717, 1.165) is 38.5 Å². The summed E-state index contributed by atoms with van der Waals surface area (Å²) in [5, 5.41) is 29.8. The maximum absolute atomic E-state index is 12.1. The summed E-state index contributed by atoms with van der Waals surface area (Å²) in [5.41, 5.74) is 0. The summed E-state index contributed by atoms with van der Waals surface area (Å²) < 4.78 is 10.4. The lowest BCUT2D eigenvalue weighted by Gasteiger charge is -2.17. The highest BCUT2D eigenvalue weighted by molar-refractivity contribution is 5.70. The first kappa shape index (κ1) is 41.0. The maximum atomic E-state index is 12.1. The van der Waals surface area contributed by atoms with Crippen LogP contribution in [-0.2, 0) is 19.1 Å². The van der Waals surface area contributed by atoms with Crippen LogP contribution in [0.2, 0.25) is 0 Å². The molecule has 0 aliphatic rings. The molecule has 0 bridgehead atoms. The van der Waals surface area contributed by atoms with Crippen LogP contribution in [0, 0.1) is 0 Å². The Bertz CT molecular complexity index is 731. The summed E-state index contributed by atoms with van der Waals surface area (Å²) in [5.74, 6) is -0.879. The van der Waals surface area contributed by atoms with Crippen LogP contribution in [0.25, 0.3) is 0 Å². The van der Waals surface area contributed by atoms with Crippen LogP contribution in [0.1, 0.15) is 149 Å². The normalized spacial score (nSPS) is 14.1. The van der Waals surface area contributed by atoms with Gasteiger partial charge in [-0.1, -0.05) is 121 Å². The van der Waals surface area contributed by atoms with Gasteiger partial charge in [-0.15, -0.1) is 0 Å². The number of carbonyl (C=O) groups is 2. The first-order valence-corrected chi connectivity index (χ1v) is 17.2. The number of esters is 2. The third-order valence-corrected chi connectivity index (χ3v) is 7.39. The monoisotopic (exact) mass is 608 g/mol. The van der Waals surface area contributed by atoms with Crippen LogP contribution in [0.5, 0.6) is 0 Å². The fourth-order valence-corrected chi connectivity index (χ4v) is 4.60. The SMILES string of the molecule is CCCCC/C=C\C/C=C\C/C=C\CC(O)C(O)CCCC(=O)OC[C@H](CO)OC(=O)CCCCCCCCCCCC. The molecule has 43 heavy (non-hydrogen) atoms. The molecule has 3 N–H and O–H groups in total. The summed E-state index contributed by atoms with van der Waals surface area (Å²) in [4.78, 5) is 24.1. The summed E-state index contributed by atoms with van der Waals surface area (Å²) in [6.07, 6.45) is 29.5. The number of aliphatic hydroxyl groups is 3. The van der Waals surface area contributed by atoms with E-state index < -0.39 is 30.9 Å². The molecule has 0 heterocycles. The predicted molar refractivity (Wildman–Crippen MR) is 176 cm³/mol. The highest BCUT2D eigenvalue weighted by Crippen LogP contribution is 2.13. The molecule has 7 heteroatoms. The fraction of sp³-hybridized carbons (Fsp3) is 0.778. The Morgan fingerprint density at radius 3 is 1.79 bits per heavy atom. The van der Waals surface area contributed by atoms with Crippen molar-refractivity contribution in [1.29, 1.82) is 0 Å². The molecule has 0 spiro atoms. The van der Waals surface area contributed by atoms with Crippen LogP contribution in [0.3, 0.4) is 0 Å². The first-order chi connectivity index (χ1) is 20.9. The summed E-state index contributed by atoms with van der Waals surface area (Å²) >= 11 is 0.